The highest BCUT2D eigenvalue weighted by molar-refractivity contribution is 6.42. The van der Waals surface area contributed by atoms with Crippen molar-refractivity contribution < 1.29 is 14.3 Å². The second-order valence-corrected chi connectivity index (χ2v) is 6.62. The summed E-state index contributed by atoms with van der Waals surface area (Å²) in [5.74, 6) is -0.101. The Bertz CT molecular complexity index is 1140. The second-order valence-electron chi connectivity index (χ2n) is 5.80. The van der Waals surface area contributed by atoms with Gasteiger partial charge < -0.3 is 14.8 Å². The van der Waals surface area contributed by atoms with E-state index in [9.17, 15) is 9.90 Å². The van der Waals surface area contributed by atoms with Gasteiger partial charge in [-0.1, -0.05) is 35.3 Å². The molecule has 0 radical (unpaired) electrons. The summed E-state index contributed by atoms with van der Waals surface area (Å²) in [7, 11) is 0. The minimum absolute atomic E-state index is 0.00547. The number of nitrogens with one attached hydrogen (secondary N) is 1. The molecule has 4 rings (SSSR count). The number of anilines is 1. The number of para-hydroxylation sites is 2. The number of aromatic nitrogens is 1. The number of aromatic hydroxyl groups is 1. The summed E-state index contributed by atoms with van der Waals surface area (Å²) in [5, 5.41) is 13.6. The molecule has 0 saturated carbocycles. The van der Waals surface area contributed by atoms with E-state index in [1.807, 2.05) is 18.2 Å². The van der Waals surface area contributed by atoms with Gasteiger partial charge in [-0.25, -0.2) is 4.98 Å². The Hall–Kier alpha value is -3.02. The van der Waals surface area contributed by atoms with Crippen molar-refractivity contribution in [2.24, 2.45) is 0 Å². The van der Waals surface area contributed by atoms with E-state index in [2.05, 4.69) is 10.3 Å². The molecule has 2 N–H and O–H groups in total. The summed E-state index contributed by atoms with van der Waals surface area (Å²) in [6.45, 7) is 0. The first-order valence-corrected chi connectivity index (χ1v) is 8.72. The van der Waals surface area contributed by atoms with E-state index in [1.165, 1.54) is 12.1 Å². The van der Waals surface area contributed by atoms with Crippen LogP contribution < -0.4 is 5.32 Å². The van der Waals surface area contributed by atoms with Gasteiger partial charge in [-0.05, 0) is 48.5 Å². The zero-order chi connectivity index (χ0) is 19.0. The Morgan fingerprint density at radius 3 is 2.59 bits per heavy atom. The number of amides is 1. The topological polar surface area (TPSA) is 75.4 Å². The van der Waals surface area contributed by atoms with Crippen molar-refractivity contribution in [1.29, 1.82) is 0 Å². The lowest BCUT2D eigenvalue weighted by molar-refractivity contribution is 0.102. The van der Waals surface area contributed by atoms with Crippen LogP contribution in [0.25, 0.3) is 22.6 Å². The number of halogens is 2. The van der Waals surface area contributed by atoms with E-state index in [0.717, 1.165) is 0 Å². The van der Waals surface area contributed by atoms with Crippen molar-refractivity contribution in [3.8, 4) is 17.2 Å². The third kappa shape index (κ3) is 3.47. The molecule has 0 spiro atoms. The first kappa shape index (κ1) is 17.4. The molecule has 4 aromatic rings. The Kier molecular flexibility index (Phi) is 4.48. The van der Waals surface area contributed by atoms with Crippen LogP contribution in [0.4, 0.5) is 5.69 Å². The third-order valence-corrected chi connectivity index (χ3v) is 4.70. The molecule has 3 aromatic carbocycles. The van der Waals surface area contributed by atoms with Gasteiger partial charge in [0.1, 0.15) is 11.3 Å². The van der Waals surface area contributed by atoms with Crippen LogP contribution in [-0.2, 0) is 0 Å². The average Bonchev–Trinajstić information content (AvgIpc) is 3.09. The Morgan fingerprint density at radius 1 is 1.00 bits per heavy atom. The van der Waals surface area contributed by atoms with Gasteiger partial charge in [0.15, 0.2) is 5.58 Å². The van der Waals surface area contributed by atoms with Crippen LogP contribution in [0.5, 0.6) is 5.75 Å². The van der Waals surface area contributed by atoms with Gasteiger partial charge in [0.05, 0.1) is 15.6 Å². The second kappa shape index (κ2) is 6.95. The summed E-state index contributed by atoms with van der Waals surface area (Å²) < 4.78 is 5.69. The number of nitrogens with zero attached hydrogens (tertiary/aromatic N) is 1. The van der Waals surface area contributed by atoms with E-state index < -0.39 is 0 Å². The van der Waals surface area contributed by atoms with Crippen LogP contribution in [0, 0.1) is 0 Å². The fourth-order valence-corrected chi connectivity index (χ4v) is 2.91. The molecule has 0 unspecified atom stereocenters. The molecule has 7 heteroatoms. The molecule has 27 heavy (non-hydrogen) atoms. The van der Waals surface area contributed by atoms with Gasteiger partial charge in [0.25, 0.3) is 5.91 Å². The molecular formula is C20H12Cl2N2O3. The molecule has 0 fully saturated rings. The third-order valence-electron chi connectivity index (χ3n) is 3.96. The summed E-state index contributed by atoms with van der Waals surface area (Å²) in [4.78, 5) is 16.8. The van der Waals surface area contributed by atoms with Crippen LogP contribution in [0.3, 0.4) is 0 Å². The minimum atomic E-state index is -0.359. The first-order chi connectivity index (χ1) is 13.0. The molecular weight excluding hydrogens is 387 g/mol. The van der Waals surface area contributed by atoms with Gasteiger partial charge in [-0.3, -0.25) is 4.79 Å². The molecule has 1 heterocycles. The van der Waals surface area contributed by atoms with E-state index >= 15 is 0 Å². The van der Waals surface area contributed by atoms with Gasteiger partial charge in [-0.15, -0.1) is 0 Å². The average molecular weight is 399 g/mol. The van der Waals surface area contributed by atoms with E-state index in [-0.39, 0.29) is 17.5 Å². The van der Waals surface area contributed by atoms with E-state index in [0.29, 0.717) is 38.0 Å². The van der Waals surface area contributed by atoms with Crippen molar-refractivity contribution in [2.45, 2.75) is 0 Å². The minimum Gasteiger partial charge on any atom is -0.507 e. The van der Waals surface area contributed by atoms with Gasteiger partial charge in [0.2, 0.25) is 5.89 Å². The zero-order valence-electron chi connectivity index (χ0n) is 13.7. The number of carbonyl (C=O) groups is 1. The molecule has 5 nitrogen and oxygen atoms in total. The molecule has 134 valence electrons. The first-order valence-electron chi connectivity index (χ1n) is 7.96. The van der Waals surface area contributed by atoms with Crippen molar-refractivity contribution in [1.82, 2.24) is 4.98 Å². The lowest BCUT2D eigenvalue weighted by atomic mass is 10.1. The number of oxazole rings is 1. The summed E-state index contributed by atoms with van der Waals surface area (Å²) >= 11 is 11.8. The Morgan fingerprint density at radius 2 is 1.81 bits per heavy atom. The number of hydrogen-bond acceptors (Lipinski definition) is 4. The number of fused-ring (bicyclic) bond motifs is 1. The van der Waals surface area contributed by atoms with Crippen LogP contribution in [0.15, 0.2) is 65.1 Å². The molecule has 1 amide bonds. The Labute approximate surface area is 164 Å². The van der Waals surface area contributed by atoms with Crippen molar-refractivity contribution in [3.05, 3.63) is 76.3 Å². The number of phenolic OH excluding ortho intramolecular Hbond substituents is 1. The molecule has 1 aromatic heterocycles. The highest BCUT2D eigenvalue weighted by Crippen LogP contribution is 2.33. The smallest absolute Gasteiger partial charge is 0.255 e. The summed E-state index contributed by atoms with van der Waals surface area (Å²) in [5.41, 5.74) is 2.49. The van der Waals surface area contributed by atoms with Gasteiger partial charge >= 0.3 is 0 Å². The van der Waals surface area contributed by atoms with Crippen LogP contribution >= 0.6 is 23.2 Å². The molecule has 0 aliphatic rings. The van der Waals surface area contributed by atoms with Crippen molar-refractivity contribution in [3.63, 3.8) is 0 Å². The van der Waals surface area contributed by atoms with Crippen LogP contribution in [-0.4, -0.2) is 16.0 Å². The van der Waals surface area contributed by atoms with Gasteiger partial charge in [-0.2, -0.15) is 0 Å². The maximum absolute atomic E-state index is 12.4. The molecule has 0 aliphatic carbocycles. The van der Waals surface area contributed by atoms with E-state index in [4.69, 9.17) is 27.6 Å². The predicted octanol–water partition coefficient (Wildman–Crippen LogP) is 5.76. The highest BCUT2D eigenvalue weighted by Gasteiger charge is 2.15. The number of benzene rings is 3. The van der Waals surface area contributed by atoms with Crippen LogP contribution in [0.2, 0.25) is 10.0 Å². The summed E-state index contributed by atoms with van der Waals surface area (Å²) in [6.07, 6.45) is 0. The SMILES string of the molecule is O=C(Nc1ccc(O)c(-c2nc3ccccc3o2)c1)c1ccc(Cl)c(Cl)c1. The normalized spacial score (nSPS) is 10.9. The Balaban J connectivity index is 1.65. The summed E-state index contributed by atoms with van der Waals surface area (Å²) in [6, 6.07) is 16.6. The largest absolute Gasteiger partial charge is 0.507 e. The standard InChI is InChI=1S/C20H12Cl2N2O3/c21-14-7-5-11(9-15(14)22)19(26)23-12-6-8-17(25)13(10-12)20-24-16-3-1-2-4-18(16)27-20/h1-10,25H,(H,23,26). The van der Waals surface area contributed by atoms with Gasteiger partial charge in [0, 0.05) is 11.3 Å². The fraction of sp³-hybridized carbons (Fsp3) is 0. The number of phenols is 1. The van der Waals surface area contributed by atoms with E-state index in [1.54, 1.807) is 30.3 Å². The lowest BCUT2D eigenvalue weighted by Gasteiger charge is -2.08. The van der Waals surface area contributed by atoms with Crippen molar-refractivity contribution in [2.75, 3.05) is 5.32 Å². The number of hydrogen-bond donors (Lipinski definition) is 2. The van der Waals surface area contributed by atoms with Crippen molar-refractivity contribution >= 4 is 45.9 Å². The molecule has 0 atom stereocenters. The monoisotopic (exact) mass is 398 g/mol. The fourth-order valence-electron chi connectivity index (χ4n) is 2.61. The molecule has 0 bridgehead atoms. The quantitative estimate of drug-likeness (QED) is 0.430. The molecule has 0 aliphatic heterocycles. The van der Waals surface area contributed by atoms with Crippen LogP contribution in [0.1, 0.15) is 10.4 Å². The maximum atomic E-state index is 12.4. The maximum Gasteiger partial charge on any atom is 0.255 e. The number of carbonyl (C=O) groups excluding carboxylic acids is 1. The highest BCUT2D eigenvalue weighted by atomic mass is 35.5. The molecule has 0 saturated heterocycles. The zero-order valence-corrected chi connectivity index (χ0v) is 15.3. The number of rotatable bonds is 3. The lowest BCUT2D eigenvalue weighted by Crippen LogP contribution is -2.11. The predicted molar refractivity (Wildman–Crippen MR) is 106 cm³/mol.